The van der Waals surface area contributed by atoms with Gasteiger partial charge in [-0.2, -0.15) is 0 Å². The molecule has 1 aromatic carbocycles. The monoisotopic (exact) mass is 730 g/mol. The van der Waals surface area contributed by atoms with Crippen molar-refractivity contribution in [1.29, 1.82) is 0 Å². The van der Waals surface area contributed by atoms with Crippen LogP contribution in [0.4, 0.5) is 0 Å². The average molecular weight is 731 g/mol. The maximum atomic E-state index is 6.41. The lowest BCUT2D eigenvalue weighted by atomic mass is 9.54. The molecule has 0 aromatic heterocycles. The van der Waals surface area contributed by atoms with Crippen molar-refractivity contribution >= 4 is 0 Å². The smallest absolute Gasteiger partial charge is 0.123 e. The van der Waals surface area contributed by atoms with Crippen molar-refractivity contribution in [3.8, 4) is 11.5 Å². The average Bonchev–Trinajstić information content (AvgIpc) is 3.11. The molecule has 0 aliphatic heterocycles. The summed E-state index contributed by atoms with van der Waals surface area (Å²) in [5.74, 6) is 6.98. The Hall–Kier alpha value is -1.50. The van der Waals surface area contributed by atoms with E-state index in [0.29, 0.717) is 106 Å². The van der Waals surface area contributed by atoms with Gasteiger partial charge in [0.15, 0.2) is 0 Å². The summed E-state index contributed by atoms with van der Waals surface area (Å²) < 4.78 is 58.6. The molecule has 8 saturated carbocycles. The molecule has 8 bridgehead atoms. The first kappa shape index (κ1) is 38.8. The summed E-state index contributed by atoms with van der Waals surface area (Å²) in [6, 6.07) is 7.63. The Kier molecular flexibility index (Phi) is 14.8. The molecule has 10 nitrogen and oxygen atoms in total. The second-order valence-corrected chi connectivity index (χ2v) is 16.7. The molecular formula is C42H66O10. The second kappa shape index (κ2) is 19.9. The fraction of sp³-hybridized carbons (Fsp3) is 0.857. The molecule has 0 N–H and O–H groups in total. The minimum Gasteiger partial charge on any atom is -0.491 e. The molecule has 0 unspecified atom stereocenters. The van der Waals surface area contributed by atoms with Gasteiger partial charge < -0.3 is 47.4 Å². The largest absolute Gasteiger partial charge is 0.491 e. The van der Waals surface area contributed by atoms with E-state index in [0.717, 1.165) is 47.0 Å². The first-order valence-electron chi connectivity index (χ1n) is 20.7. The van der Waals surface area contributed by atoms with Crippen molar-refractivity contribution in [2.45, 2.75) is 88.3 Å². The van der Waals surface area contributed by atoms with Gasteiger partial charge in [0.25, 0.3) is 0 Å². The molecule has 0 heterocycles. The zero-order chi connectivity index (χ0) is 35.3. The maximum absolute atomic E-state index is 6.41. The van der Waals surface area contributed by atoms with Gasteiger partial charge in [-0.3, -0.25) is 0 Å². The Balaban J connectivity index is 0.603. The van der Waals surface area contributed by atoms with Gasteiger partial charge in [-0.1, -0.05) is 6.07 Å². The van der Waals surface area contributed by atoms with E-state index >= 15 is 0 Å². The molecule has 0 amide bonds. The number of hydrogen-bond acceptors (Lipinski definition) is 10. The molecule has 52 heavy (non-hydrogen) atoms. The van der Waals surface area contributed by atoms with E-state index in [1.54, 1.807) is 0 Å². The van der Waals surface area contributed by atoms with Crippen LogP contribution in [0.1, 0.15) is 77.0 Å². The van der Waals surface area contributed by atoms with Crippen molar-refractivity contribution in [2.24, 2.45) is 35.5 Å². The van der Waals surface area contributed by atoms with Crippen LogP contribution >= 0.6 is 0 Å². The third kappa shape index (κ3) is 11.8. The lowest BCUT2D eigenvalue weighted by molar-refractivity contribution is -0.169. The van der Waals surface area contributed by atoms with Crippen molar-refractivity contribution in [2.75, 3.05) is 106 Å². The minimum atomic E-state index is 0.165. The van der Waals surface area contributed by atoms with Gasteiger partial charge in [0.1, 0.15) is 24.7 Å². The number of benzene rings is 1. The molecular weight excluding hydrogens is 664 g/mol. The summed E-state index contributed by atoms with van der Waals surface area (Å²) in [6.07, 6.45) is 16.3. The predicted molar refractivity (Wildman–Crippen MR) is 196 cm³/mol. The van der Waals surface area contributed by atoms with Crippen LogP contribution in [0.5, 0.6) is 11.5 Å². The fourth-order valence-electron chi connectivity index (χ4n) is 11.2. The molecule has 9 rings (SSSR count). The summed E-state index contributed by atoms with van der Waals surface area (Å²) in [6.45, 7) is 9.00. The third-order valence-corrected chi connectivity index (χ3v) is 12.5. The highest BCUT2D eigenvalue weighted by molar-refractivity contribution is 5.32. The van der Waals surface area contributed by atoms with Gasteiger partial charge in [0, 0.05) is 6.07 Å². The summed E-state index contributed by atoms with van der Waals surface area (Å²) in [5.41, 5.74) is 0.330. The van der Waals surface area contributed by atoms with E-state index in [-0.39, 0.29) is 11.2 Å². The van der Waals surface area contributed by atoms with Crippen molar-refractivity contribution in [3.63, 3.8) is 0 Å². The van der Waals surface area contributed by atoms with Crippen LogP contribution < -0.4 is 9.47 Å². The van der Waals surface area contributed by atoms with Crippen LogP contribution in [0.25, 0.3) is 0 Å². The molecule has 8 aliphatic carbocycles. The van der Waals surface area contributed by atoms with Crippen LogP contribution in [0, 0.1) is 35.5 Å². The summed E-state index contributed by atoms with van der Waals surface area (Å²) in [4.78, 5) is 0. The number of rotatable bonds is 28. The SMILES string of the molecule is c1cc(OCCOCCOCCOCCOC23CC4CC(CC(C4)C2)C3)cc(OCCOCCOCCOCCOC23CC4CC(CC(C4)C2)C3)c1. The van der Waals surface area contributed by atoms with Crippen LogP contribution in [0.2, 0.25) is 0 Å². The molecule has 0 spiro atoms. The Labute approximate surface area is 312 Å². The van der Waals surface area contributed by atoms with Gasteiger partial charge in [-0.15, -0.1) is 0 Å². The number of ether oxygens (including phenoxy) is 10. The van der Waals surface area contributed by atoms with E-state index in [1.165, 1.54) is 77.0 Å². The first-order valence-corrected chi connectivity index (χ1v) is 20.7. The predicted octanol–water partition coefficient (Wildman–Crippen LogP) is 6.51. The maximum Gasteiger partial charge on any atom is 0.123 e. The van der Waals surface area contributed by atoms with Gasteiger partial charge in [0.05, 0.1) is 104 Å². The first-order chi connectivity index (χ1) is 25.6. The Morgan fingerprint density at radius 2 is 0.635 bits per heavy atom. The highest BCUT2D eigenvalue weighted by atomic mass is 16.6. The van der Waals surface area contributed by atoms with E-state index in [1.807, 2.05) is 24.3 Å². The summed E-state index contributed by atoms with van der Waals surface area (Å²) in [7, 11) is 0. The molecule has 0 atom stereocenters. The topological polar surface area (TPSA) is 92.3 Å². The Morgan fingerprint density at radius 1 is 0.365 bits per heavy atom. The third-order valence-electron chi connectivity index (χ3n) is 12.5. The quantitative estimate of drug-likeness (QED) is 0.0889. The van der Waals surface area contributed by atoms with Gasteiger partial charge in [-0.05, 0) is 125 Å². The summed E-state index contributed by atoms with van der Waals surface area (Å²) >= 11 is 0. The Bertz CT molecular complexity index is 1020. The van der Waals surface area contributed by atoms with E-state index in [4.69, 9.17) is 47.4 Å². The van der Waals surface area contributed by atoms with Crippen LogP contribution in [-0.2, 0) is 37.9 Å². The molecule has 0 radical (unpaired) electrons. The Morgan fingerprint density at radius 3 is 0.942 bits per heavy atom. The molecule has 294 valence electrons. The molecule has 10 heteroatoms. The van der Waals surface area contributed by atoms with E-state index in [9.17, 15) is 0 Å². The summed E-state index contributed by atoms with van der Waals surface area (Å²) in [5, 5.41) is 0. The second-order valence-electron chi connectivity index (χ2n) is 16.7. The van der Waals surface area contributed by atoms with Crippen molar-refractivity contribution in [1.82, 2.24) is 0 Å². The van der Waals surface area contributed by atoms with Crippen molar-refractivity contribution < 1.29 is 47.4 Å². The molecule has 0 saturated heterocycles. The van der Waals surface area contributed by atoms with Crippen LogP contribution in [-0.4, -0.2) is 117 Å². The van der Waals surface area contributed by atoms with Crippen LogP contribution in [0.3, 0.4) is 0 Å². The fourth-order valence-corrected chi connectivity index (χ4v) is 11.2. The lowest BCUT2D eigenvalue weighted by Gasteiger charge is -2.56. The van der Waals surface area contributed by atoms with Gasteiger partial charge >= 0.3 is 0 Å². The standard InChI is InChI=1S/C42H66O10/c1-2-39(49-16-12-45-8-4-43-6-10-47-14-18-51-41-27-33-20-34(28-41)22-35(21-33)29-41)26-40(3-1)50-17-13-46-9-5-44-7-11-48-15-19-52-42-30-36-23-37(31-42)25-38(24-36)32-42/h1-3,26,33-38H,4-25,27-32H2. The lowest BCUT2D eigenvalue weighted by Crippen LogP contribution is -2.52. The highest BCUT2D eigenvalue weighted by Crippen LogP contribution is 2.58. The zero-order valence-electron chi connectivity index (χ0n) is 31.7. The van der Waals surface area contributed by atoms with Crippen LogP contribution in [0.15, 0.2) is 24.3 Å². The zero-order valence-corrected chi connectivity index (χ0v) is 31.7. The van der Waals surface area contributed by atoms with Gasteiger partial charge in [0.2, 0.25) is 0 Å². The normalized spacial score (nSPS) is 32.5. The van der Waals surface area contributed by atoms with Gasteiger partial charge in [-0.25, -0.2) is 0 Å². The molecule has 1 aromatic rings. The highest BCUT2D eigenvalue weighted by Gasteiger charge is 2.52. The molecule has 8 aliphatic rings. The van der Waals surface area contributed by atoms with E-state index < -0.39 is 0 Å². The van der Waals surface area contributed by atoms with Crippen molar-refractivity contribution in [3.05, 3.63) is 24.3 Å². The van der Waals surface area contributed by atoms with E-state index in [2.05, 4.69) is 0 Å². The molecule has 8 fully saturated rings. The number of hydrogen-bond donors (Lipinski definition) is 0. The minimum absolute atomic E-state index is 0.165.